The zero-order valence-corrected chi connectivity index (χ0v) is 11.9. The van der Waals surface area contributed by atoms with Crippen molar-refractivity contribution in [3.8, 4) is 0 Å². The largest absolute Gasteiger partial charge is 0.311 e. The maximum Gasteiger partial charge on any atom is 0.237 e. The Hall–Kier alpha value is -0.780. The molecule has 0 aliphatic carbocycles. The van der Waals surface area contributed by atoms with Crippen molar-refractivity contribution in [2.45, 2.75) is 18.6 Å². The maximum absolute atomic E-state index is 11.9. The minimum atomic E-state index is -3.72. The summed E-state index contributed by atoms with van der Waals surface area (Å²) in [6.07, 6.45) is -0.0855. The van der Waals surface area contributed by atoms with Crippen LogP contribution in [0.3, 0.4) is 0 Å². The molecule has 4 nitrogen and oxygen atoms in total. The standard InChI is InChI=1S/C11H11Cl2NO3S/c1-7-9(12)3-2-4-10(7)14-6-8(5-11(14)15)18(13,16)17/h2-4,8H,5-6H2,1H3. The molecule has 2 rings (SSSR count). The summed E-state index contributed by atoms with van der Waals surface area (Å²) < 4.78 is 22.5. The van der Waals surface area contributed by atoms with Gasteiger partial charge in [-0.05, 0) is 24.6 Å². The van der Waals surface area contributed by atoms with E-state index in [1.807, 2.05) is 0 Å². The van der Waals surface area contributed by atoms with E-state index >= 15 is 0 Å². The van der Waals surface area contributed by atoms with Gasteiger partial charge in [0.15, 0.2) is 0 Å². The SMILES string of the molecule is Cc1c(Cl)cccc1N1CC(S(=O)(=O)Cl)CC1=O. The Morgan fingerprint density at radius 3 is 2.61 bits per heavy atom. The summed E-state index contributed by atoms with van der Waals surface area (Å²) in [5, 5.41) is -0.317. The van der Waals surface area contributed by atoms with Gasteiger partial charge in [0.2, 0.25) is 15.0 Å². The fraction of sp³-hybridized carbons (Fsp3) is 0.364. The Balaban J connectivity index is 2.36. The molecule has 0 saturated carbocycles. The van der Waals surface area contributed by atoms with E-state index < -0.39 is 14.3 Å². The highest BCUT2D eigenvalue weighted by atomic mass is 35.7. The molecule has 0 aromatic heterocycles. The smallest absolute Gasteiger partial charge is 0.237 e. The fourth-order valence-electron chi connectivity index (χ4n) is 1.98. The molecule has 18 heavy (non-hydrogen) atoms. The van der Waals surface area contributed by atoms with Crippen LogP contribution in [0.2, 0.25) is 5.02 Å². The number of anilines is 1. The van der Waals surface area contributed by atoms with Crippen molar-refractivity contribution in [1.29, 1.82) is 0 Å². The molecule has 1 aromatic rings. The Kier molecular flexibility index (Phi) is 3.58. The van der Waals surface area contributed by atoms with E-state index in [1.165, 1.54) is 4.90 Å². The lowest BCUT2D eigenvalue weighted by atomic mass is 10.2. The molecule has 0 N–H and O–H groups in total. The van der Waals surface area contributed by atoms with Gasteiger partial charge in [0.05, 0.1) is 0 Å². The molecule has 1 heterocycles. The summed E-state index contributed by atoms with van der Waals surface area (Å²) in [4.78, 5) is 13.3. The van der Waals surface area contributed by atoms with Gasteiger partial charge in [-0.3, -0.25) is 4.79 Å². The van der Waals surface area contributed by atoms with Crippen molar-refractivity contribution >= 4 is 42.9 Å². The number of hydrogen-bond acceptors (Lipinski definition) is 3. The number of carbonyl (C=O) groups is 1. The van der Waals surface area contributed by atoms with E-state index in [9.17, 15) is 13.2 Å². The van der Waals surface area contributed by atoms with Gasteiger partial charge >= 0.3 is 0 Å². The zero-order chi connectivity index (χ0) is 13.5. The second-order valence-electron chi connectivity index (χ2n) is 4.19. The van der Waals surface area contributed by atoms with Crippen LogP contribution in [-0.4, -0.2) is 26.1 Å². The topological polar surface area (TPSA) is 54.5 Å². The quantitative estimate of drug-likeness (QED) is 0.788. The van der Waals surface area contributed by atoms with Crippen LogP contribution in [-0.2, 0) is 13.8 Å². The first-order valence-corrected chi connectivity index (χ1v) is 8.04. The molecular formula is C11H11Cl2NO3S. The van der Waals surface area contributed by atoms with Crippen molar-refractivity contribution in [1.82, 2.24) is 0 Å². The van der Waals surface area contributed by atoms with Gasteiger partial charge in [-0.1, -0.05) is 17.7 Å². The molecule has 1 aromatic carbocycles. The molecule has 98 valence electrons. The summed E-state index contributed by atoms with van der Waals surface area (Å²) in [5.41, 5.74) is 1.38. The number of nitrogens with zero attached hydrogens (tertiary/aromatic N) is 1. The number of halogens is 2. The zero-order valence-electron chi connectivity index (χ0n) is 9.56. The third-order valence-corrected chi connectivity index (χ3v) is 5.30. The average Bonchev–Trinajstić information content (AvgIpc) is 2.64. The van der Waals surface area contributed by atoms with E-state index in [0.717, 1.165) is 5.56 Å². The number of rotatable bonds is 2. The Morgan fingerprint density at radius 2 is 2.06 bits per heavy atom. The van der Waals surface area contributed by atoms with Crippen molar-refractivity contribution in [3.63, 3.8) is 0 Å². The monoisotopic (exact) mass is 307 g/mol. The Labute approximate surface area is 115 Å². The third-order valence-electron chi connectivity index (χ3n) is 3.02. The van der Waals surface area contributed by atoms with E-state index in [4.69, 9.17) is 22.3 Å². The van der Waals surface area contributed by atoms with Crippen LogP contribution in [0.4, 0.5) is 5.69 Å². The van der Waals surface area contributed by atoms with Crippen LogP contribution in [0.15, 0.2) is 18.2 Å². The van der Waals surface area contributed by atoms with Crippen LogP contribution in [0.25, 0.3) is 0 Å². The molecule has 1 amide bonds. The van der Waals surface area contributed by atoms with Gasteiger partial charge in [0.25, 0.3) is 0 Å². The number of benzene rings is 1. The molecule has 0 radical (unpaired) electrons. The van der Waals surface area contributed by atoms with Crippen LogP contribution in [0.1, 0.15) is 12.0 Å². The summed E-state index contributed by atoms with van der Waals surface area (Å²) in [7, 11) is 1.57. The van der Waals surface area contributed by atoms with Gasteiger partial charge in [0.1, 0.15) is 5.25 Å². The lowest BCUT2D eigenvalue weighted by molar-refractivity contribution is -0.117. The van der Waals surface area contributed by atoms with Crippen LogP contribution < -0.4 is 4.90 Å². The van der Waals surface area contributed by atoms with E-state index in [0.29, 0.717) is 10.7 Å². The number of amides is 1. The lowest BCUT2D eigenvalue weighted by Gasteiger charge is -2.19. The molecular weight excluding hydrogens is 297 g/mol. The lowest BCUT2D eigenvalue weighted by Crippen LogP contribution is -2.27. The average molecular weight is 308 g/mol. The number of hydrogen-bond donors (Lipinski definition) is 0. The Morgan fingerprint density at radius 1 is 1.39 bits per heavy atom. The highest BCUT2D eigenvalue weighted by molar-refractivity contribution is 8.14. The van der Waals surface area contributed by atoms with Crippen LogP contribution in [0.5, 0.6) is 0 Å². The van der Waals surface area contributed by atoms with Gasteiger partial charge in [-0.25, -0.2) is 8.42 Å². The van der Waals surface area contributed by atoms with Crippen molar-refractivity contribution in [2.24, 2.45) is 0 Å². The second kappa shape index (κ2) is 4.72. The first-order chi connectivity index (χ1) is 8.30. The van der Waals surface area contributed by atoms with E-state index in [1.54, 1.807) is 25.1 Å². The molecule has 1 aliphatic rings. The minimum Gasteiger partial charge on any atom is -0.311 e. The van der Waals surface area contributed by atoms with Crippen LogP contribution >= 0.6 is 22.3 Å². The summed E-state index contributed by atoms with van der Waals surface area (Å²) in [5.74, 6) is -0.255. The summed E-state index contributed by atoms with van der Waals surface area (Å²) in [6.45, 7) is 1.86. The second-order valence-corrected chi connectivity index (χ2v) is 7.51. The van der Waals surface area contributed by atoms with Gasteiger partial charge in [-0.15, -0.1) is 0 Å². The summed E-state index contributed by atoms with van der Waals surface area (Å²) >= 11 is 5.98. The first-order valence-electron chi connectivity index (χ1n) is 5.29. The van der Waals surface area contributed by atoms with Gasteiger partial charge in [0, 0.05) is 34.4 Å². The highest BCUT2D eigenvalue weighted by Crippen LogP contribution is 2.31. The molecule has 0 bridgehead atoms. The first kappa shape index (κ1) is 13.6. The van der Waals surface area contributed by atoms with Gasteiger partial charge < -0.3 is 4.90 Å². The van der Waals surface area contributed by atoms with Crippen LogP contribution in [0, 0.1) is 6.92 Å². The molecule has 7 heteroatoms. The van der Waals surface area contributed by atoms with E-state index in [2.05, 4.69) is 0 Å². The van der Waals surface area contributed by atoms with Crippen molar-refractivity contribution in [3.05, 3.63) is 28.8 Å². The fourth-order valence-corrected chi connectivity index (χ4v) is 3.18. The normalized spacial score (nSPS) is 20.5. The molecule has 1 unspecified atom stereocenters. The third kappa shape index (κ3) is 2.48. The molecule has 0 spiro atoms. The minimum absolute atomic E-state index is 0.0752. The highest BCUT2D eigenvalue weighted by Gasteiger charge is 2.38. The maximum atomic E-state index is 11.9. The molecule has 1 atom stereocenters. The molecule has 1 saturated heterocycles. The van der Waals surface area contributed by atoms with Crippen molar-refractivity contribution in [2.75, 3.05) is 11.4 Å². The molecule has 1 aliphatic heterocycles. The predicted octanol–water partition coefficient (Wildman–Crippen LogP) is 2.32. The summed E-state index contributed by atoms with van der Waals surface area (Å²) in [6, 6.07) is 5.18. The van der Waals surface area contributed by atoms with Gasteiger partial charge in [-0.2, -0.15) is 0 Å². The predicted molar refractivity (Wildman–Crippen MR) is 71.7 cm³/mol. The molecule has 1 fully saturated rings. The van der Waals surface area contributed by atoms with Crippen molar-refractivity contribution < 1.29 is 13.2 Å². The van der Waals surface area contributed by atoms with E-state index in [-0.39, 0.29) is 18.9 Å². The number of carbonyl (C=O) groups excluding carboxylic acids is 1. The Bertz CT molecular complexity index is 600.